The Hall–Kier alpha value is -2.51. The third kappa shape index (κ3) is 4.00. The van der Waals surface area contributed by atoms with E-state index < -0.39 is 6.36 Å². The minimum atomic E-state index is -4.72. The van der Waals surface area contributed by atoms with Gasteiger partial charge in [-0.3, -0.25) is 0 Å². The fourth-order valence-electron chi connectivity index (χ4n) is 1.71. The highest BCUT2D eigenvalue weighted by Crippen LogP contribution is 2.24. The number of benzene rings is 1. The van der Waals surface area contributed by atoms with E-state index in [4.69, 9.17) is 4.74 Å². The molecule has 0 aliphatic rings. The highest BCUT2D eigenvalue weighted by Gasteiger charge is 2.31. The molecule has 0 aliphatic carbocycles. The molecule has 0 saturated carbocycles. The van der Waals surface area contributed by atoms with Gasteiger partial charge in [0.25, 0.3) is 0 Å². The van der Waals surface area contributed by atoms with Crippen LogP contribution in [0.4, 0.5) is 13.2 Å². The molecule has 0 radical (unpaired) electrons. The highest BCUT2D eigenvalue weighted by atomic mass is 19.4. The number of ether oxygens (including phenoxy) is 2. The van der Waals surface area contributed by atoms with E-state index in [2.05, 4.69) is 14.8 Å². The number of hydrogen-bond donors (Lipinski definition) is 0. The zero-order valence-corrected chi connectivity index (χ0v) is 12.0. The van der Waals surface area contributed by atoms with Gasteiger partial charge in [-0.1, -0.05) is 6.08 Å². The van der Waals surface area contributed by atoms with Crippen LogP contribution < -0.4 is 9.47 Å². The van der Waals surface area contributed by atoms with E-state index in [0.717, 1.165) is 0 Å². The predicted molar refractivity (Wildman–Crippen MR) is 73.9 cm³/mol. The molecule has 0 bridgehead atoms. The Morgan fingerprint density at radius 2 is 1.91 bits per heavy atom. The molecule has 1 aromatic carbocycles. The van der Waals surface area contributed by atoms with E-state index in [-0.39, 0.29) is 11.8 Å². The molecule has 5 nitrogen and oxygen atoms in total. The summed E-state index contributed by atoms with van der Waals surface area (Å²) in [4.78, 5) is 4.18. The van der Waals surface area contributed by atoms with E-state index in [1.165, 1.54) is 28.9 Å². The average Bonchev–Trinajstić information content (AvgIpc) is 2.82. The van der Waals surface area contributed by atoms with Crippen molar-refractivity contribution < 1.29 is 22.6 Å². The van der Waals surface area contributed by atoms with E-state index in [1.54, 1.807) is 19.1 Å². The van der Waals surface area contributed by atoms with Crippen molar-refractivity contribution in [2.75, 3.05) is 6.61 Å². The van der Waals surface area contributed by atoms with Gasteiger partial charge in [0.15, 0.2) is 5.82 Å². The van der Waals surface area contributed by atoms with Gasteiger partial charge < -0.3 is 9.47 Å². The molecule has 0 aliphatic heterocycles. The maximum atomic E-state index is 12.1. The minimum absolute atomic E-state index is 0.264. The zero-order valence-electron chi connectivity index (χ0n) is 12.0. The summed E-state index contributed by atoms with van der Waals surface area (Å²) in [6.45, 7) is 4.02. The standard InChI is InChI=1S/C14H14F3N3O2/c1-3-5-12-18-13(21-4-2)20(19-12)10-6-8-11(9-7-10)22-14(15,16)17/h3,5-9H,4H2,1-2H3/b5-3+. The van der Waals surface area contributed by atoms with Gasteiger partial charge in [-0.15, -0.1) is 18.3 Å². The van der Waals surface area contributed by atoms with E-state index in [9.17, 15) is 13.2 Å². The zero-order chi connectivity index (χ0) is 16.2. The summed E-state index contributed by atoms with van der Waals surface area (Å²) in [5.41, 5.74) is 0.515. The molecule has 2 aromatic rings. The van der Waals surface area contributed by atoms with Crippen molar-refractivity contribution in [3.05, 3.63) is 36.2 Å². The fraction of sp³-hybridized carbons (Fsp3) is 0.286. The van der Waals surface area contributed by atoms with Crippen LogP contribution in [0.2, 0.25) is 0 Å². The fourth-order valence-corrected chi connectivity index (χ4v) is 1.71. The van der Waals surface area contributed by atoms with Crippen LogP contribution in [0.3, 0.4) is 0 Å². The molecule has 1 aromatic heterocycles. The normalized spacial score (nSPS) is 11.9. The number of halogens is 3. The van der Waals surface area contributed by atoms with Gasteiger partial charge >= 0.3 is 12.4 Å². The third-order valence-corrected chi connectivity index (χ3v) is 2.50. The Bertz CT molecular complexity index is 648. The van der Waals surface area contributed by atoms with E-state index >= 15 is 0 Å². The summed E-state index contributed by atoms with van der Waals surface area (Å²) in [7, 11) is 0. The second-order valence-electron chi connectivity index (χ2n) is 4.14. The first-order valence-corrected chi connectivity index (χ1v) is 6.51. The van der Waals surface area contributed by atoms with Crippen LogP contribution in [0.1, 0.15) is 19.7 Å². The van der Waals surface area contributed by atoms with Crippen molar-refractivity contribution in [1.82, 2.24) is 14.8 Å². The molecule has 0 atom stereocenters. The number of nitrogens with zero attached hydrogens (tertiary/aromatic N) is 3. The van der Waals surface area contributed by atoms with E-state index in [1.807, 2.05) is 6.92 Å². The summed E-state index contributed by atoms with van der Waals surface area (Å²) < 4.78 is 47.0. The van der Waals surface area contributed by atoms with Crippen molar-refractivity contribution >= 4 is 6.08 Å². The lowest BCUT2D eigenvalue weighted by Crippen LogP contribution is -2.17. The third-order valence-electron chi connectivity index (χ3n) is 2.50. The molecule has 2 rings (SSSR count). The number of alkyl halides is 3. The maximum absolute atomic E-state index is 12.1. The van der Waals surface area contributed by atoms with Gasteiger partial charge in [-0.2, -0.15) is 9.67 Å². The van der Waals surface area contributed by atoms with Crippen LogP contribution in [0, 0.1) is 0 Å². The first-order valence-electron chi connectivity index (χ1n) is 6.51. The summed E-state index contributed by atoms with van der Waals surface area (Å²) >= 11 is 0. The summed E-state index contributed by atoms with van der Waals surface area (Å²) in [5.74, 6) is 0.143. The molecule has 0 N–H and O–H groups in total. The second-order valence-corrected chi connectivity index (χ2v) is 4.14. The number of hydrogen-bond acceptors (Lipinski definition) is 4. The van der Waals surface area contributed by atoms with Crippen molar-refractivity contribution in [2.45, 2.75) is 20.2 Å². The van der Waals surface area contributed by atoms with Crippen molar-refractivity contribution in [2.24, 2.45) is 0 Å². The summed E-state index contributed by atoms with van der Waals surface area (Å²) in [6.07, 6.45) is -1.25. The van der Waals surface area contributed by atoms with Gasteiger partial charge in [0, 0.05) is 0 Å². The first kappa shape index (κ1) is 15.9. The van der Waals surface area contributed by atoms with Crippen molar-refractivity contribution in [3.63, 3.8) is 0 Å². The topological polar surface area (TPSA) is 49.2 Å². The SMILES string of the molecule is C/C=C/c1nc(OCC)n(-c2ccc(OC(F)(F)F)cc2)n1. The van der Waals surface area contributed by atoms with Gasteiger partial charge in [0.05, 0.1) is 12.3 Å². The summed E-state index contributed by atoms with van der Waals surface area (Å²) in [6, 6.07) is 5.56. The Balaban J connectivity index is 2.30. The summed E-state index contributed by atoms with van der Waals surface area (Å²) in [5, 5.41) is 4.22. The van der Waals surface area contributed by atoms with Gasteiger partial charge in [-0.25, -0.2) is 0 Å². The lowest BCUT2D eigenvalue weighted by Gasteiger charge is -2.10. The molecule has 0 saturated heterocycles. The minimum Gasteiger partial charge on any atom is -0.464 e. The molecule has 118 valence electrons. The Morgan fingerprint density at radius 3 is 2.45 bits per heavy atom. The quantitative estimate of drug-likeness (QED) is 0.846. The molecule has 0 unspecified atom stereocenters. The lowest BCUT2D eigenvalue weighted by molar-refractivity contribution is -0.274. The molecule has 22 heavy (non-hydrogen) atoms. The highest BCUT2D eigenvalue weighted by molar-refractivity contribution is 5.43. The lowest BCUT2D eigenvalue weighted by atomic mass is 10.3. The molecule has 0 spiro atoms. The second kappa shape index (κ2) is 6.50. The largest absolute Gasteiger partial charge is 0.573 e. The average molecular weight is 313 g/mol. The molecule has 1 heterocycles. The predicted octanol–water partition coefficient (Wildman–Crippen LogP) is 3.60. The maximum Gasteiger partial charge on any atom is 0.573 e. The molecule has 0 fully saturated rings. The smallest absolute Gasteiger partial charge is 0.464 e. The molecule has 0 amide bonds. The van der Waals surface area contributed by atoms with E-state index in [0.29, 0.717) is 18.1 Å². The van der Waals surface area contributed by atoms with Crippen LogP contribution in [0.5, 0.6) is 11.8 Å². The van der Waals surface area contributed by atoms with Gasteiger partial charge in [-0.05, 0) is 44.2 Å². The van der Waals surface area contributed by atoms with Gasteiger partial charge in [0.2, 0.25) is 0 Å². The van der Waals surface area contributed by atoms with Crippen LogP contribution in [0.25, 0.3) is 11.8 Å². The van der Waals surface area contributed by atoms with Crippen molar-refractivity contribution in [3.8, 4) is 17.4 Å². The number of allylic oxidation sites excluding steroid dienone is 1. The Kier molecular flexibility index (Phi) is 4.69. The first-order chi connectivity index (χ1) is 10.4. The number of aromatic nitrogens is 3. The monoisotopic (exact) mass is 313 g/mol. The van der Waals surface area contributed by atoms with Crippen LogP contribution in [-0.2, 0) is 0 Å². The molecular formula is C14H14F3N3O2. The Morgan fingerprint density at radius 1 is 1.23 bits per heavy atom. The van der Waals surface area contributed by atoms with Crippen LogP contribution in [0.15, 0.2) is 30.3 Å². The number of rotatable bonds is 5. The van der Waals surface area contributed by atoms with Crippen molar-refractivity contribution in [1.29, 1.82) is 0 Å². The Labute approximate surface area is 125 Å². The van der Waals surface area contributed by atoms with Crippen LogP contribution >= 0.6 is 0 Å². The van der Waals surface area contributed by atoms with Gasteiger partial charge in [0.1, 0.15) is 5.75 Å². The molecular weight excluding hydrogens is 299 g/mol. The van der Waals surface area contributed by atoms with Crippen LogP contribution in [-0.4, -0.2) is 27.7 Å². The molecule has 8 heteroatoms.